The van der Waals surface area contributed by atoms with Gasteiger partial charge in [-0.05, 0) is 41.8 Å². The van der Waals surface area contributed by atoms with Gasteiger partial charge in [0.05, 0.1) is 6.04 Å². The number of nitrogens with two attached hydrogens (primary N) is 1. The number of halogens is 1. The molecule has 28 heavy (non-hydrogen) atoms. The zero-order chi connectivity index (χ0) is 19.2. The number of piperazine rings is 1. The maximum absolute atomic E-state index is 13.1. The van der Waals surface area contributed by atoms with Gasteiger partial charge in [0, 0.05) is 25.2 Å². The summed E-state index contributed by atoms with van der Waals surface area (Å²) >= 11 is 0. The van der Waals surface area contributed by atoms with Gasteiger partial charge in [-0.2, -0.15) is 0 Å². The second-order valence-corrected chi connectivity index (χ2v) is 6.59. The zero-order valence-corrected chi connectivity index (χ0v) is 16.7. The smallest absolute Gasteiger partial charge is 0.255 e. The Morgan fingerprint density at radius 3 is 2.43 bits per heavy atom. The topological polar surface area (TPSA) is 84.7 Å². The summed E-state index contributed by atoms with van der Waals surface area (Å²) in [4.78, 5) is 25.8. The van der Waals surface area contributed by atoms with Gasteiger partial charge >= 0.3 is 0 Å². The summed E-state index contributed by atoms with van der Waals surface area (Å²) in [6.07, 6.45) is 0.996. The lowest BCUT2D eigenvalue weighted by molar-refractivity contribution is -0.119. The molecule has 0 spiro atoms. The van der Waals surface area contributed by atoms with Crippen molar-refractivity contribution in [2.75, 3.05) is 26.2 Å². The highest BCUT2D eigenvalue weighted by Crippen LogP contribution is 2.25. The van der Waals surface area contributed by atoms with Crippen molar-refractivity contribution in [1.82, 2.24) is 10.2 Å². The molecule has 1 aliphatic heterocycles. The number of aryl methyl sites for hydroxylation is 1. The van der Waals surface area contributed by atoms with Crippen LogP contribution >= 0.6 is 12.4 Å². The summed E-state index contributed by atoms with van der Waals surface area (Å²) in [7, 11) is 0. The molecule has 3 rings (SSSR count). The van der Waals surface area contributed by atoms with Gasteiger partial charge < -0.3 is 20.7 Å². The van der Waals surface area contributed by atoms with Crippen molar-refractivity contribution >= 4 is 24.2 Å². The minimum Gasteiger partial charge on any atom is -0.484 e. The number of rotatable bonds is 6. The van der Waals surface area contributed by atoms with Crippen molar-refractivity contribution in [3.05, 3.63) is 65.2 Å². The fraction of sp³-hybridized carbons (Fsp3) is 0.333. The van der Waals surface area contributed by atoms with E-state index in [4.69, 9.17) is 10.5 Å². The lowest BCUT2D eigenvalue weighted by atomic mass is 10.00. The summed E-state index contributed by atoms with van der Waals surface area (Å²) in [5.74, 6) is -0.0345. The van der Waals surface area contributed by atoms with E-state index in [1.54, 1.807) is 24.3 Å². The molecule has 3 N–H and O–H groups in total. The van der Waals surface area contributed by atoms with E-state index in [0.29, 0.717) is 17.9 Å². The average molecular weight is 404 g/mol. The molecule has 2 amide bonds. The van der Waals surface area contributed by atoms with Gasteiger partial charge in [-0.25, -0.2) is 0 Å². The first-order chi connectivity index (χ1) is 13.1. The Hall–Kier alpha value is -2.57. The van der Waals surface area contributed by atoms with Crippen LogP contribution in [-0.2, 0) is 11.2 Å². The molecule has 1 atom stereocenters. The van der Waals surface area contributed by atoms with E-state index >= 15 is 0 Å². The van der Waals surface area contributed by atoms with Gasteiger partial charge in [0.15, 0.2) is 6.61 Å². The molecule has 0 aromatic heterocycles. The fourth-order valence-corrected chi connectivity index (χ4v) is 3.23. The monoisotopic (exact) mass is 403 g/mol. The van der Waals surface area contributed by atoms with Gasteiger partial charge in [0.25, 0.3) is 11.8 Å². The Labute approximate surface area is 171 Å². The fourth-order valence-electron chi connectivity index (χ4n) is 3.23. The van der Waals surface area contributed by atoms with Gasteiger partial charge in [0.1, 0.15) is 5.75 Å². The Morgan fingerprint density at radius 2 is 1.82 bits per heavy atom. The first-order valence-corrected chi connectivity index (χ1v) is 9.20. The molecule has 6 nitrogen and oxygen atoms in total. The van der Waals surface area contributed by atoms with Crippen LogP contribution in [0.1, 0.15) is 34.5 Å². The number of nitrogens with one attached hydrogen (secondary N) is 1. The quantitative estimate of drug-likeness (QED) is 0.775. The SMILES string of the molecule is CCc1ccc(C2CNCCN2C(=O)c2ccc(OCC(N)=O)cc2)cc1.Cl. The molecule has 7 heteroatoms. The molecule has 2 aromatic rings. The van der Waals surface area contributed by atoms with Gasteiger partial charge in [0.2, 0.25) is 0 Å². The van der Waals surface area contributed by atoms with Gasteiger partial charge in [-0.15, -0.1) is 12.4 Å². The molecular formula is C21H26ClN3O3. The Morgan fingerprint density at radius 1 is 1.14 bits per heavy atom. The molecule has 0 saturated carbocycles. The van der Waals surface area contributed by atoms with Crippen molar-refractivity contribution in [2.45, 2.75) is 19.4 Å². The molecule has 0 bridgehead atoms. The van der Waals surface area contributed by atoms with Crippen molar-refractivity contribution in [3.63, 3.8) is 0 Å². The third kappa shape index (κ3) is 5.24. The Kier molecular flexibility index (Phi) is 7.84. The van der Waals surface area contributed by atoms with E-state index in [2.05, 4.69) is 36.5 Å². The minimum atomic E-state index is -0.534. The van der Waals surface area contributed by atoms with E-state index in [0.717, 1.165) is 25.1 Å². The maximum Gasteiger partial charge on any atom is 0.255 e. The number of ether oxygens (including phenoxy) is 1. The van der Waals surface area contributed by atoms with Crippen LogP contribution in [0.3, 0.4) is 0 Å². The first kappa shape index (κ1) is 21.7. The number of primary amides is 1. The molecule has 1 unspecified atom stereocenters. The molecule has 2 aromatic carbocycles. The van der Waals surface area contributed by atoms with Crippen LogP contribution in [0.4, 0.5) is 0 Å². The van der Waals surface area contributed by atoms with E-state index in [1.165, 1.54) is 5.56 Å². The van der Waals surface area contributed by atoms with E-state index < -0.39 is 5.91 Å². The van der Waals surface area contributed by atoms with E-state index in [1.807, 2.05) is 4.90 Å². The van der Waals surface area contributed by atoms with E-state index in [-0.39, 0.29) is 31.0 Å². The summed E-state index contributed by atoms with van der Waals surface area (Å²) < 4.78 is 5.25. The number of hydrogen-bond acceptors (Lipinski definition) is 4. The predicted molar refractivity (Wildman–Crippen MR) is 111 cm³/mol. The van der Waals surface area contributed by atoms with Gasteiger partial charge in [-0.1, -0.05) is 31.2 Å². The second-order valence-electron chi connectivity index (χ2n) is 6.59. The Bertz CT molecular complexity index is 794. The van der Waals surface area contributed by atoms with E-state index in [9.17, 15) is 9.59 Å². The molecule has 1 fully saturated rings. The number of hydrogen-bond donors (Lipinski definition) is 2. The molecule has 1 heterocycles. The van der Waals surface area contributed by atoms with Crippen molar-refractivity contribution < 1.29 is 14.3 Å². The number of nitrogens with zero attached hydrogens (tertiary/aromatic N) is 1. The Balaban J connectivity index is 0.00000280. The highest BCUT2D eigenvalue weighted by molar-refractivity contribution is 5.94. The predicted octanol–water partition coefficient (Wildman–Crippen LogP) is 2.32. The highest BCUT2D eigenvalue weighted by atomic mass is 35.5. The summed E-state index contributed by atoms with van der Waals surface area (Å²) in [5, 5.41) is 3.38. The van der Waals surface area contributed by atoms with Crippen molar-refractivity contribution in [1.29, 1.82) is 0 Å². The van der Waals surface area contributed by atoms with Crippen LogP contribution in [0.2, 0.25) is 0 Å². The third-order valence-electron chi connectivity index (χ3n) is 4.76. The summed E-state index contributed by atoms with van der Waals surface area (Å²) in [6.45, 7) is 4.11. The standard InChI is InChI=1S/C21H25N3O3.ClH/c1-2-15-3-5-16(6-4-15)19-13-23-11-12-24(19)21(26)17-7-9-18(10-8-17)27-14-20(22)25;/h3-10,19,23H,2,11-14H2,1H3,(H2,22,25);1H. The minimum absolute atomic E-state index is 0. The van der Waals surface area contributed by atoms with Gasteiger partial charge in [-0.3, -0.25) is 9.59 Å². The number of carbonyl (C=O) groups is 2. The maximum atomic E-state index is 13.1. The van der Waals surface area contributed by atoms with Crippen LogP contribution in [-0.4, -0.2) is 43.0 Å². The molecular weight excluding hydrogens is 378 g/mol. The number of amides is 2. The summed E-state index contributed by atoms with van der Waals surface area (Å²) in [6, 6.07) is 15.3. The summed E-state index contributed by atoms with van der Waals surface area (Å²) in [5.41, 5.74) is 8.09. The molecule has 1 saturated heterocycles. The number of benzene rings is 2. The van der Waals surface area contributed by atoms with Crippen LogP contribution in [0, 0.1) is 0 Å². The third-order valence-corrected chi connectivity index (χ3v) is 4.76. The average Bonchev–Trinajstić information content (AvgIpc) is 2.72. The largest absolute Gasteiger partial charge is 0.484 e. The molecule has 0 aliphatic carbocycles. The lowest BCUT2D eigenvalue weighted by Crippen LogP contribution is -2.48. The van der Waals surface area contributed by atoms with Crippen molar-refractivity contribution in [2.24, 2.45) is 5.73 Å². The lowest BCUT2D eigenvalue weighted by Gasteiger charge is -2.36. The van der Waals surface area contributed by atoms with Crippen molar-refractivity contribution in [3.8, 4) is 5.75 Å². The highest BCUT2D eigenvalue weighted by Gasteiger charge is 2.28. The zero-order valence-electron chi connectivity index (χ0n) is 15.9. The molecule has 150 valence electrons. The second kappa shape index (κ2) is 10.1. The van der Waals surface area contributed by atoms with Crippen LogP contribution in [0.15, 0.2) is 48.5 Å². The van der Waals surface area contributed by atoms with Crippen LogP contribution in [0.25, 0.3) is 0 Å². The molecule has 1 aliphatic rings. The molecule has 0 radical (unpaired) electrons. The van der Waals surface area contributed by atoms with Crippen LogP contribution in [0.5, 0.6) is 5.75 Å². The first-order valence-electron chi connectivity index (χ1n) is 9.20. The normalized spacial score (nSPS) is 16.2. The number of carbonyl (C=O) groups excluding carboxylic acids is 2. The van der Waals surface area contributed by atoms with Crippen LogP contribution < -0.4 is 15.8 Å².